The van der Waals surface area contributed by atoms with E-state index in [0.29, 0.717) is 0 Å². The number of nitrogens with zero attached hydrogens (tertiary/aromatic N) is 1. The molecule has 0 unspecified atom stereocenters. The summed E-state index contributed by atoms with van der Waals surface area (Å²) in [4.78, 5) is 25.6. The van der Waals surface area contributed by atoms with Crippen molar-refractivity contribution in [3.05, 3.63) is 12.2 Å². The number of carbonyl (C=O) groups is 2. The lowest BCUT2D eigenvalue weighted by Crippen LogP contribution is -2.04. The lowest BCUT2D eigenvalue weighted by Gasteiger charge is -1.98. The smallest absolute Gasteiger partial charge is 0.332 e. The molecule has 0 rings (SSSR count). The molecule has 15 heavy (non-hydrogen) atoms. The summed E-state index contributed by atoms with van der Waals surface area (Å²) in [6, 6.07) is 0. The maximum atomic E-state index is 10.9. The zero-order valence-corrected chi connectivity index (χ0v) is 8.85. The van der Waals surface area contributed by atoms with Gasteiger partial charge in [0.05, 0.1) is 13.7 Å². The second-order valence-electron chi connectivity index (χ2n) is 2.30. The van der Waals surface area contributed by atoms with Gasteiger partial charge in [-0.2, -0.15) is 0 Å². The Morgan fingerprint density at radius 1 is 1.33 bits per heavy atom. The van der Waals surface area contributed by atoms with E-state index in [1.807, 2.05) is 0 Å². The highest BCUT2D eigenvalue weighted by Crippen LogP contribution is 1.89. The lowest BCUT2D eigenvalue weighted by molar-refractivity contribution is -0.141. The molecule has 0 radical (unpaired) electrons. The predicted octanol–water partition coefficient (Wildman–Crippen LogP) is 0.629. The van der Waals surface area contributed by atoms with E-state index in [4.69, 9.17) is 4.74 Å². The third-order valence-corrected chi connectivity index (χ3v) is 1.12. The molecule has 6 nitrogen and oxygen atoms in total. The molecule has 0 aromatic carbocycles. The molecule has 0 atom stereocenters. The molecule has 0 saturated heterocycles. The average molecular weight is 215 g/mol. The molecule has 0 spiro atoms. The number of rotatable bonds is 4. The van der Waals surface area contributed by atoms with Gasteiger partial charge in [0.25, 0.3) is 5.90 Å². The molecule has 0 aromatic rings. The van der Waals surface area contributed by atoms with Gasteiger partial charge in [-0.3, -0.25) is 0 Å². The van der Waals surface area contributed by atoms with Crippen molar-refractivity contribution >= 4 is 17.8 Å². The van der Waals surface area contributed by atoms with E-state index in [1.54, 1.807) is 6.92 Å². The van der Waals surface area contributed by atoms with E-state index in [0.717, 1.165) is 6.08 Å². The van der Waals surface area contributed by atoms with Gasteiger partial charge in [0.1, 0.15) is 0 Å². The van der Waals surface area contributed by atoms with E-state index in [1.165, 1.54) is 20.1 Å². The number of hydrogen-bond acceptors (Lipinski definition) is 6. The fourth-order valence-electron chi connectivity index (χ4n) is 0.575. The first kappa shape index (κ1) is 13.2. The standard InChI is InChI=1S/C9H13NO5/c1-4-14-9(12)6-5-8(13-3)10-15-7(2)11/h5-6H,4H2,1-3H3/b6-5+,10-8+. The quantitative estimate of drug-likeness (QED) is 0.172. The van der Waals surface area contributed by atoms with Gasteiger partial charge >= 0.3 is 11.9 Å². The molecule has 0 heterocycles. The van der Waals surface area contributed by atoms with Crippen LogP contribution >= 0.6 is 0 Å². The Morgan fingerprint density at radius 3 is 2.47 bits per heavy atom. The molecular weight excluding hydrogens is 202 g/mol. The SMILES string of the molecule is CCOC(=O)/C=C/C(=N\OC(C)=O)OC. The first-order valence-electron chi connectivity index (χ1n) is 4.24. The summed E-state index contributed by atoms with van der Waals surface area (Å²) in [7, 11) is 1.33. The van der Waals surface area contributed by atoms with Crippen LogP contribution in [0.25, 0.3) is 0 Å². The minimum atomic E-state index is -0.575. The van der Waals surface area contributed by atoms with Crippen LogP contribution in [0, 0.1) is 0 Å². The fraction of sp³-hybridized carbons (Fsp3) is 0.444. The summed E-state index contributed by atoms with van der Waals surface area (Å²) in [5.74, 6) is -1.10. The largest absolute Gasteiger partial charge is 0.479 e. The Labute approximate surface area is 87.5 Å². The van der Waals surface area contributed by atoms with Crippen LogP contribution in [0.15, 0.2) is 17.3 Å². The highest BCUT2D eigenvalue weighted by molar-refractivity contribution is 5.94. The molecule has 0 aliphatic rings. The van der Waals surface area contributed by atoms with Crippen LogP contribution in [-0.2, 0) is 23.9 Å². The lowest BCUT2D eigenvalue weighted by atomic mass is 10.5. The molecule has 0 amide bonds. The Kier molecular flexibility index (Phi) is 6.61. The van der Waals surface area contributed by atoms with E-state index >= 15 is 0 Å². The number of oxime groups is 1. The van der Waals surface area contributed by atoms with Crippen LogP contribution in [-0.4, -0.2) is 31.6 Å². The van der Waals surface area contributed by atoms with Crippen LogP contribution in [0.2, 0.25) is 0 Å². The molecule has 0 aliphatic carbocycles. The first-order chi connectivity index (χ1) is 7.10. The maximum absolute atomic E-state index is 10.9. The van der Waals surface area contributed by atoms with Crippen LogP contribution in [0.5, 0.6) is 0 Å². The van der Waals surface area contributed by atoms with Gasteiger partial charge in [-0.15, -0.1) is 0 Å². The van der Waals surface area contributed by atoms with Crippen LogP contribution in [0.1, 0.15) is 13.8 Å². The van der Waals surface area contributed by atoms with E-state index in [9.17, 15) is 9.59 Å². The van der Waals surface area contributed by atoms with Gasteiger partial charge in [-0.1, -0.05) is 0 Å². The fourth-order valence-corrected chi connectivity index (χ4v) is 0.575. The zero-order chi connectivity index (χ0) is 11.7. The molecule has 0 fully saturated rings. The van der Waals surface area contributed by atoms with Crippen molar-refractivity contribution in [3.63, 3.8) is 0 Å². The number of carbonyl (C=O) groups excluding carboxylic acids is 2. The normalized spacial score (nSPS) is 11.3. The molecule has 0 bridgehead atoms. The Balaban J connectivity index is 4.25. The molecule has 84 valence electrons. The van der Waals surface area contributed by atoms with Gasteiger partial charge in [-0.25, -0.2) is 9.59 Å². The molecule has 0 saturated carbocycles. The minimum absolute atomic E-state index is 0.00162. The van der Waals surface area contributed by atoms with E-state index < -0.39 is 11.9 Å². The van der Waals surface area contributed by atoms with Crippen LogP contribution in [0.4, 0.5) is 0 Å². The van der Waals surface area contributed by atoms with Crippen molar-refractivity contribution in [1.82, 2.24) is 0 Å². The highest BCUT2D eigenvalue weighted by atomic mass is 16.7. The summed E-state index contributed by atoms with van der Waals surface area (Å²) in [5.41, 5.74) is 0. The van der Waals surface area contributed by atoms with Crippen molar-refractivity contribution in [2.24, 2.45) is 5.16 Å². The summed E-state index contributed by atoms with van der Waals surface area (Å²) in [6.45, 7) is 3.17. The third-order valence-electron chi connectivity index (χ3n) is 1.12. The average Bonchev–Trinajstić information content (AvgIpc) is 2.18. The second-order valence-corrected chi connectivity index (χ2v) is 2.30. The van der Waals surface area contributed by atoms with Crippen LogP contribution < -0.4 is 0 Å². The third kappa shape index (κ3) is 7.24. The zero-order valence-electron chi connectivity index (χ0n) is 8.85. The highest BCUT2D eigenvalue weighted by Gasteiger charge is 1.98. The van der Waals surface area contributed by atoms with Crippen LogP contribution in [0.3, 0.4) is 0 Å². The molecule has 0 aliphatic heterocycles. The van der Waals surface area contributed by atoms with Gasteiger partial charge in [0.2, 0.25) is 0 Å². The van der Waals surface area contributed by atoms with Crippen molar-refractivity contribution < 1.29 is 23.9 Å². The second kappa shape index (κ2) is 7.54. The Morgan fingerprint density at radius 2 is 2.00 bits per heavy atom. The van der Waals surface area contributed by atoms with Crippen molar-refractivity contribution in [1.29, 1.82) is 0 Å². The summed E-state index contributed by atoms with van der Waals surface area (Å²) >= 11 is 0. The summed E-state index contributed by atoms with van der Waals surface area (Å²) in [6.07, 6.45) is 2.36. The summed E-state index contributed by atoms with van der Waals surface area (Å²) < 4.78 is 9.33. The van der Waals surface area contributed by atoms with E-state index in [2.05, 4.69) is 14.7 Å². The van der Waals surface area contributed by atoms with Crippen molar-refractivity contribution in [3.8, 4) is 0 Å². The van der Waals surface area contributed by atoms with Gasteiger partial charge in [0, 0.05) is 19.1 Å². The van der Waals surface area contributed by atoms with Gasteiger partial charge < -0.3 is 14.3 Å². The minimum Gasteiger partial charge on any atom is -0.479 e. The number of ether oxygens (including phenoxy) is 2. The number of hydrogen-bond donors (Lipinski definition) is 0. The van der Waals surface area contributed by atoms with Crippen molar-refractivity contribution in [2.45, 2.75) is 13.8 Å². The van der Waals surface area contributed by atoms with Crippen molar-refractivity contribution in [2.75, 3.05) is 13.7 Å². The molecular formula is C9H13NO5. The topological polar surface area (TPSA) is 74.2 Å². The monoisotopic (exact) mass is 215 g/mol. The first-order valence-corrected chi connectivity index (χ1v) is 4.24. The Hall–Kier alpha value is -1.85. The number of esters is 1. The Bertz CT molecular complexity index is 282. The molecule has 6 heteroatoms. The number of methoxy groups -OCH3 is 1. The maximum Gasteiger partial charge on any atom is 0.332 e. The summed E-state index contributed by atoms with van der Waals surface area (Å²) in [5, 5.41) is 3.32. The van der Waals surface area contributed by atoms with Gasteiger partial charge in [0.15, 0.2) is 0 Å². The molecule has 0 N–H and O–H groups in total. The molecule has 0 aromatic heterocycles. The van der Waals surface area contributed by atoms with E-state index in [-0.39, 0.29) is 12.5 Å². The predicted molar refractivity (Wildman–Crippen MR) is 52.0 cm³/mol. The van der Waals surface area contributed by atoms with Gasteiger partial charge in [-0.05, 0) is 12.1 Å².